The number of hydrogen-bond acceptors (Lipinski definition) is 6. The second kappa shape index (κ2) is 8.94. The molecular weight excluding hydrogens is 452 g/mol. The van der Waals surface area contributed by atoms with Crippen molar-refractivity contribution in [2.75, 3.05) is 32.0 Å². The van der Waals surface area contributed by atoms with Crippen molar-refractivity contribution in [2.45, 2.75) is 12.8 Å². The van der Waals surface area contributed by atoms with E-state index in [9.17, 15) is 14.4 Å². The van der Waals surface area contributed by atoms with Gasteiger partial charge in [0.1, 0.15) is 0 Å². The van der Waals surface area contributed by atoms with Crippen molar-refractivity contribution in [3.8, 4) is 0 Å². The summed E-state index contributed by atoms with van der Waals surface area (Å²) in [6.45, 7) is 0.963. The second-order valence-corrected chi connectivity index (χ2v) is 9.63. The maximum atomic E-state index is 12.6. The third kappa shape index (κ3) is 5.14. The van der Waals surface area contributed by atoms with E-state index in [2.05, 4.69) is 26.2 Å². The van der Waals surface area contributed by atoms with Gasteiger partial charge in [-0.05, 0) is 40.9 Å². The molecule has 0 aliphatic carbocycles. The molecule has 1 aliphatic heterocycles. The van der Waals surface area contributed by atoms with Gasteiger partial charge >= 0.3 is 0 Å². The van der Waals surface area contributed by atoms with Crippen LogP contribution >= 0.6 is 38.6 Å². The first-order valence-electron chi connectivity index (χ1n) is 8.43. The highest BCUT2D eigenvalue weighted by Gasteiger charge is 2.29. The van der Waals surface area contributed by atoms with E-state index in [1.165, 1.54) is 27.6 Å². The molecule has 3 amide bonds. The molecule has 3 rings (SSSR count). The Morgan fingerprint density at radius 2 is 2.22 bits per heavy atom. The molecule has 1 fully saturated rings. The van der Waals surface area contributed by atoms with E-state index < -0.39 is 0 Å². The van der Waals surface area contributed by atoms with Crippen LogP contribution in [-0.2, 0) is 9.59 Å². The van der Waals surface area contributed by atoms with Crippen molar-refractivity contribution in [3.05, 3.63) is 32.4 Å². The number of likely N-dealkylation sites (N-methyl/N-ethyl adjacent to an activating group) is 1. The number of amides is 3. The number of nitrogens with zero attached hydrogens (tertiary/aromatic N) is 3. The van der Waals surface area contributed by atoms with E-state index >= 15 is 0 Å². The molecule has 2 aromatic heterocycles. The monoisotopic (exact) mass is 470 g/mol. The number of nitrogens with one attached hydrogen (secondary N) is 1. The lowest BCUT2D eigenvalue weighted by Crippen LogP contribution is -2.47. The van der Waals surface area contributed by atoms with Crippen molar-refractivity contribution in [3.63, 3.8) is 0 Å². The number of carbonyl (C=O) groups is 3. The van der Waals surface area contributed by atoms with Gasteiger partial charge in [0.25, 0.3) is 5.91 Å². The minimum Gasteiger partial charge on any atom is -0.340 e. The minimum absolute atomic E-state index is 0.00479. The Hall–Kier alpha value is -1.78. The van der Waals surface area contributed by atoms with Crippen molar-refractivity contribution < 1.29 is 14.4 Å². The van der Waals surface area contributed by atoms with Gasteiger partial charge in [0.15, 0.2) is 5.13 Å². The third-order valence-electron chi connectivity index (χ3n) is 4.31. The number of aromatic nitrogens is 1. The molecule has 1 atom stereocenters. The zero-order chi connectivity index (χ0) is 19.4. The molecule has 7 nitrogen and oxygen atoms in total. The van der Waals surface area contributed by atoms with Crippen LogP contribution in [0.4, 0.5) is 5.13 Å². The van der Waals surface area contributed by atoms with Gasteiger partial charge in [-0.1, -0.05) is 0 Å². The molecule has 27 heavy (non-hydrogen) atoms. The van der Waals surface area contributed by atoms with Crippen molar-refractivity contribution in [2.24, 2.45) is 5.92 Å². The van der Waals surface area contributed by atoms with Gasteiger partial charge in [0.05, 0.1) is 21.1 Å². The highest BCUT2D eigenvalue weighted by molar-refractivity contribution is 9.11. The van der Waals surface area contributed by atoms with E-state index in [-0.39, 0.29) is 30.2 Å². The first kappa shape index (κ1) is 20.0. The number of carbonyl (C=O) groups excluding carboxylic acids is 3. The number of thiazole rings is 1. The van der Waals surface area contributed by atoms with Crippen LogP contribution in [0.15, 0.2) is 27.5 Å². The van der Waals surface area contributed by atoms with Crippen molar-refractivity contribution >= 4 is 61.5 Å². The van der Waals surface area contributed by atoms with Crippen LogP contribution in [0.25, 0.3) is 0 Å². The second-order valence-electron chi connectivity index (χ2n) is 6.27. The molecule has 1 saturated heterocycles. The summed E-state index contributed by atoms with van der Waals surface area (Å²) in [6.07, 6.45) is 3.13. The molecule has 144 valence electrons. The van der Waals surface area contributed by atoms with Crippen LogP contribution in [0, 0.1) is 5.92 Å². The van der Waals surface area contributed by atoms with E-state index in [1.807, 2.05) is 6.07 Å². The normalized spacial score (nSPS) is 16.8. The summed E-state index contributed by atoms with van der Waals surface area (Å²) in [4.78, 5) is 45.1. The lowest BCUT2D eigenvalue weighted by molar-refractivity contribution is -0.135. The first-order chi connectivity index (χ1) is 12.9. The van der Waals surface area contributed by atoms with Crippen LogP contribution in [0.1, 0.15) is 22.5 Å². The minimum atomic E-state index is -0.263. The van der Waals surface area contributed by atoms with Crippen LogP contribution in [0.5, 0.6) is 0 Å². The average molecular weight is 471 g/mol. The number of halogens is 1. The van der Waals surface area contributed by atoms with Gasteiger partial charge < -0.3 is 15.1 Å². The molecule has 0 saturated carbocycles. The Labute approximate surface area is 173 Å². The predicted octanol–water partition coefficient (Wildman–Crippen LogP) is 2.92. The predicted molar refractivity (Wildman–Crippen MR) is 109 cm³/mol. The van der Waals surface area contributed by atoms with Gasteiger partial charge in [0.2, 0.25) is 11.8 Å². The number of likely N-dealkylation sites (tertiary alicyclic amines) is 1. The topological polar surface area (TPSA) is 82.6 Å². The molecule has 2 aromatic rings. The molecule has 0 aromatic carbocycles. The fourth-order valence-corrected chi connectivity index (χ4v) is 4.81. The first-order valence-corrected chi connectivity index (χ1v) is 10.9. The van der Waals surface area contributed by atoms with Crippen molar-refractivity contribution in [1.29, 1.82) is 0 Å². The molecule has 0 bridgehead atoms. The summed E-state index contributed by atoms with van der Waals surface area (Å²) in [7, 11) is 1.62. The molecule has 0 radical (unpaired) electrons. The van der Waals surface area contributed by atoms with Gasteiger partial charge in [-0.25, -0.2) is 4.98 Å². The maximum Gasteiger partial charge on any atom is 0.264 e. The number of hydrogen-bond donors (Lipinski definition) is 1. The lowest BCUT2D eigenvalue weighted by atomic mass is 9.97. The molecular formula is C17H19BrN4O3S2. The van der Waals surface area contributed by atoms with Gasteiger partial charge in [-0.3, -0.25) is 14.4 Å². The molecule has 1 unspecified atom stereocenters. The average Bonchev–Trinajstić information content (AvgIpc) is 3.32. The summed E-state index contributed by atoms with van der Waals surface area (Å²) in [5.41, 5.74) is 0. The summed E-state index contributed by atoms with van der Waals surface area (Å²) in [5, 5.41) is 5.16. The summed E-state index contributed by atoms with van der Waals surface area (Å²) in [5.74, 6) is -0.710. The van der Waals surface area contributed by atoms with Crippen LogP contribution < -0.4 is 5.32 Å². The Morgan fingerprint density at radius 3 is 2.89 bits per heavy atom. The molecule has 0 spiro atoms. The summed E-state index contributed by atoms with van der Waals surface area (Å²) >= 11 is 6.03. The fraction of sp³-hybridized carbons (Fsp3) is 0.412. The van der Waals surface area contributed by atoms with Crippen molar-refractivity contribution in [1.82, 2.24) is 14.8 Å². The standard InChI is InChI=1S/C17H19BrN4O3S2/c1-21(16(25)12-4-5-13(18)27-12)10-14(23)22-7-2-3-11(9-22)15(24)20-17-19-6-8-26-17/h4-6,8,11H,2-3,7,9-10H2,1H3,(H,19,20,24). The van der Waals surface area contributed by atoms with Crippen LogP contribution in [0.3, 0.4) is 0 Å². The lowest BCUT2D eigenvalue weighted by Gasteiger charge is -2.33. The van der Waals surface area contributed by atoms with Crippen LogP contribution in [0.2, 0.25) is 0 Å². The van der Waals surface area contributed by atoms with Gasteiger partial charge in [0, 0.05) is 31.7 Å². The number of piperidine rings is 1. The van der Waals surface area contributed by atoms with Crippen LogP contribution in [-0.4, -0.2) is 59.2 Å². The summed E-state index contributed by atoms with van der Waals surface area (Å²) < 4.78 is 0.871. The molecule has 1 N–H and O–H groups in total. The summed E-state index contributed by atoms with van der Waals surface area (Å²) in [6, 6.07) is 3.54. The third-order valence-corrected chi connectivity index (χ3v) is 6.61. The Morgan fingerprint density at radius 1 is 1.41 bits per heavy atom. The zero-order valence-electron chi connectivity index (χ0n) is 14.7. The number of anilines is 1. The molecule has 10 heteroatoms. The number of rotatable bonds is 5. The van der Waals surface area contributed by atoms with Gasteiger partial charge in [-0.2, -0.15) is 0 Å². The smallest absolute Gasteiger partial charge is 0.264 e. The maximum absolute atomic E-state index is 12.6. The highest BCUT2D eigenvalue weighted by atomic mass is 79.9. The SMILES string of the molecule is CN(CC(=O)N1CCCC(C(=O)Nc2nccs2)C1)C(=O)c1ccc(Br)s1. The van der Waals surface area contributed by atoms with E-state index in [0.717, 1.165) is 16.6 Å². The largest absolute Gasteiger partial charge is 0.340 e. The molecule has 1 aliphatic rings. The number of thiophene rings is 1. The fourth-order valence-electron chi connectivity index (χ4n) is 2.90. The zero-order valence-corrected chi connectivity index (χ0v) is 17.9. The Kier molecular flexibility index (Phi) is 6.61. The van der Waals surface area contributed by atoms with E-state index in [0.29, 0.717) is 23.1 Å². The Balaban J connectivity index is 1.54. The quantitative estimate of drug-likeness (QED) is 0.727. The van der Waals surface area contributed by atoms with E-state index in [4.69, 9.17) is 0 Å². The van der Waals surface area contributed by atoms with E-state index in [1.54, 1.807) is 29.6 Å². The Bertz CT molecular complexity index is 824. The molecule has 3 heterocycles. The highest BCUT2D eigenvalue weighted by Crippen LogP contribution is 2.23. The van der Waals surface area contributed by atoms with Gasteiger partial charge in [-0.15, -0.1) is 22.7 Å².